The minimum atomic E-state index is 0.599. The van der Waals surface area contributed by atoms with Gasteiger partial charge in [-0.2, -0.15) is 4.98 Å². The number of hydrogen-bond donors (Lipinski definition) is 1. The summed E-state index contributed by atoms with van der Waals surface area (Å²) in [6.45, 7) is 2.16. The van der Waals surface area contributed by atoms with Gasteiger partial charge in [-0.05, 0) is 44.0 Å². The van der Waals surface area contributed by atoms with Crippen LogP contribution in [-0.4, -0.2) is 23.2 Å². The molecule has 1 atom stereocenters. The van der Waals surface area contributed by atoms with Crippen molar-refractivity contribution < 1.29 is 4.52 Å². The van der Waals surface area contributed by atoms with E-state index in [1.54, 1.807) is 0 Å². The average molecular weight is 278 g/mol. The molecule has 3 rings (SSSR count). The molecule has 5 heteroatoms. The molecule has 0 spiro atoms. The van der Waals surface area contributed by atoms with E-state index in [0.29, 0.717) is 22.7 Å². The highest BCUT2D eigenvalue weighted by molar-refractivity contribution is 6.30. The number of nitrogens with one attached hydrogen (secondary N) is 1. The summed E-state index contributed by atoms with van der Waals surface area (Å²) in [6, 6.07) is 7.50. The molecule has 1 aliphatic heterocycles. The number of halogens is 1. The van der Waals surface area contributed by atoms with E-state index in [1.165, 1.54) is 12.8 Å². The zero-order chi connectivity index (χ0) is 13.1. The first-order chi connectivity index (χ1) is 9.31. The van der Waals surface area contributed by atoms with Crippen LogP contribution in [0.25, 0.3) is 11.4 Å². The first kappa shape index (κ1) is 12.6. The molecule has 100 valence electrons. The second-order valence-corrected chi connectivity index (χ2v) is 5.38. The molecule has 1 aliphatic rings. The number of rotatable bonds is 3. The van der Waals surface area contributed by atoms with Crippen LogP contribution < -0.4 is 5.32 Å². The van der Waals surface area contributed by atoms with Crippen LogP contribution in [0.15, 0.2) is 28.8 Å². The zero-order valence-electron chi connectivity index (χ0n) is 10.6. The summed E-state index contributed by atoms with van der Waals surface area (Å²) < 4.78 is 5.33. The van der Waals surface area contributed by atoms with Crippen molar-refractivity contribution in [3.8, 4) is 11.4 Å². The molecule has 0 bridgehead atoms. The average Bonchev–Trinajstić information content (AvgIpc) is 2.88. The van der Waals surface area contributed by atoms with E-state index in [1.807, 2.05) is 24.3 Å². The molecule has 1 saturated heterocycles. The van der Waals surface area contributed by atoms with Gasteiger partial charge in [-0.1, -0.05) is 28.9 Å². The number of nitrogens with zero attached hydrogens (tertiary/aromatic N) is 2. The number of benzene rings is 1. The molecule has 1 aromatic heterocycles. The van der Waals surface area contributed by atoms with Gasteiger partial charge in [-0.25, -0.2) is 0 Å². The normalized spacial score (nSPS) is 19.5. The number of hydrogen-bond acceptors (Lipinski definition) is 4. The van der Waals surface area contributed by atoms with Crippen molar-refractivity contribution in [1.29, 1.82) is 0 Å². The molecule has 2 aromatic rings. The summed E-state index contributed by atoms with van der Waals surface area (Å²) in [4.78, 5) is 4.45. The Morgan fingerprint density at radius 3 is 3.16 bits per heavy atom. The Kier molecular flexibility index (Phi) is 3.80. The largest absolute Gasteiger partial charge is 0.339 e. The van der Waals surface area contributed by atoms with Crippen molar-refractivity contribution in [2.24, 2.45) is 5.92 Å². The lowest BCUT2D eigenvalue weighted by Gasteiger charge is -2.20. The highest BCUT2D eigenvalue weighted by Gasteiger charge is 2.17. The molecule has 0 aliphatic carbocycles. The maximum atomic E-state index is 5.96. The third-order valence-corrected chi connectivity index (χ3v) is 3.65. The Morgan fingerprint density at radius 1 is 1.42 bits per heavy atom. The zero-order valence-corrected chi connectivity index (χ0v) is 11.4. The van der Waals surface area contributed by atoms with Gasteiger partial charge in [0.2, 0.25) is 11.7 Å². The van der Waals surface area contributed by atoms with Crippen LogP contribution in [0.4, 0.5) is 0 Å². The standard InChI is InChI=1S/C14H16ClN3O/c15-12-5-1-4-11(8-12)14-17-13(19-18-14)7-10-3-2-6-16-9-10/h1,4-5,8,10,16H,2-3,6-7,9H2. The summed E-state index contributed by atoms with van der Waals surface area (Å²) in [5.41, 5.74) is 0.893. The summed E-state index contributed by atoms with van der Waals surface area (Å²) in [6.07, 6.45) is 3.29. The second-order valence-electron chi connectivity index (χ2n) is 4.94. The van der Waals surface area contributed by atoms with Crippen LogP contribution in [0.5, 0.6) is 0 Å². The van der Waals surface area contributed by atoms with Crippen LogP contribution in [0.1, 0.15) is 18.7 Å². The minimum absolute atomic E-state index is 0.599. The molecular formula is C14H16ClN3O. The van der Waals surface area contributed by atoms with Gasteiger partial charge < -0.3 is 9.84 Å². The van der Waals surface area contributed by atoms with Gasteiger partial charge in [-0.3, -0.25) is 0 Å². The lowest BCUT2D eigenvalue weighted by Crippen LogP contribution is -2.30. The fourth-order valence-corrected chi connectivity index (χ4v) is 2.62. The second kappa shape index (κ2) is 5.72. The predicted octanol–water partition coefficient (Wildman–Crippen LogP) is 2.93. The quantitative estimate of drug-likeness (QED) is 0.937. The smallest absolute Gasteiger partial charge is 0.227 e. The summed E-state index contributed by atoms with van der Waals surface area (Å²) >= 11 is 5.96. The van der Waals surface area contributed by atoms with Gasteiger partial charge in [0.1, 0.15) is 0 Å². The van der Waals surface area contributed by atoms with E-state index in [-0.39, 0.29) is 0 Å². The first-order valence-corrected chi connectivity index (χ1v) is 6.98. The molecule has 1 aromatic carbocycles. The fraction of sp³-hybridized carbons (Fsp3) is 0.429. The van der Waals surface area contributed by atoms with E-state index in [0.717, 1.165) is 25.1 Å². The topological polar surface area (TPSA) is 51.0 Å². The SMILES string of the molecule is Clc1cccc(-c2noc(CC3CCCNC3)n2)c1. The van der Waals surface area contributed by atoms with Crippen LogP contribution in [0, 0.1) is 5.92 Å². The molecule has 0 radical (unpaired) electrons. The molecule has 1 fully saturated rings. The maximum Gasteiger partial charge on any atom is 0.227 e. The van der Waals surface area contributed by atoms with Crippen LogP contribution in [-0.2, 0) is 6.42 Å². The van der Waals surface area contributed by atoms with Gasteiger partial charge >= 0.3 is 0 Å². The van der Waals surface area contributed by atoms with Crippen molar-refractivity contribution in [2.45, 2.75) is 19.3 Å². The van der Waals surface area contributed by atoms with E-state index >= 15 is 0 Å². The van der Waals surface area contributed by atoms with Crippen molar-refractivity contribution in [2.75, 3.05) is 13.1 Å². The summed E-state index contributed by atoms with van der Waals surface area (Å²) in [7, 11) is 0. The highest BCUT2D eigenvalue weighted by atomic mass is 35.5. The fourth-order valence-electron chi connectivity index (χ4n) is 2.43. The third-order valence-electron chi connectivity index (χ3n) is 3.41. The molecule has 4 nitrogen and oxygen atoms in total. The Morgan fingerprint density at radius 2 is 2.37 bits per heavy atom. The number of piperidine rings is 1. The Hall–Kier alpha value is -1.39. The van der Waals surface area contributed by atoms with E-state index in [9.17, 15) is 0 Å². The lowest BCUT2D eigenvalue weighted by atomic mass is 9.96. The predicted molar refractivity (Wildman–Crippen MR) is 74.0 cm³/mol. The van der Waals surface area contributed by atoms with Gasteiger partial charge in [0.15, 0.2) is 0 Å². The van der Waals surface area contributed by atoms with Gasteiger partial charge in [0, 0.05) is 17.0 Å². The summed E-state index contributed by atoms with van der Waals surface area (Å²) in [5, 5.41) is 8.10. The minimum Gasteiger partial charge on any atom is -0.339 e. The Labute approximate surface area is 117 Å². The van der Waals surface area contributed by atoms with Gasteiger partial charge in [-0.15, -0.1) is 0 Å². The van der Waals surface area contributed by atoms with Crippen molar-refractivity contribution >= 4 is 11.6 Å². The third kappa shape index (κ3) is 3.14. The molecule has 1 N–H and O–H groups in total. The highest BCUT2D eigenvalue weighted by Crippen LogP contribution is 2.21. The van der Waals surface area contributed by atoms with Crippen LogP contribution in [0.2, 0.25) is 5.02 Å². The monoisotopic (exact) mass is 277 g/mol. The number of aromatic nitrogens is 2. The molecule has 2 heterocycles. The van der Waals surface area contributed by atoms with Crippen LogP contribution >= 0.6 is 11.6 Å². The molecule has 0 amide bonds. The molecule has 0 saturated carbocycles. The molecular weight excluding hydrogens is 262 g/mol. The van der Waals surface area contributed by atoms with Gasteiger partial charge in [0.25, 0.3) is 0 Å². The van der Waals surface area contributed by atoms with E-state index in [2.05, 4.69) is 15.5 Å². The van der Waals surface area contributed by atoms with Crippen molar-refractivity contribution in [3.63, 3.8) is 0 Å². The van der Waals surface area contributed by atoms with Crippen molar-refractivity contribution in [1.82, 2.24) is 15.5 Å². The Balaban J connectivity index is 1.72. The van der Waals surface area contributed by atoms with Gasteiger partial charge in [0.05, 0.1) is 0 Å². The van der Waals surface area contributed by atoms with E-state index in [4.69, 9.17) is 16.1 Å². The van der Waals surface area contributed by atoms with Crippen molar-refractivity contribution in [3.05, 3.63) is 35.2 Å². The maximum absolute atomic E-state index is 5.96. The molecule has 19 heavy (non-hydrogen) atoms. The molecule has 1 unspecified atom stereocenters. The first-order valence-electron chi connectivity index (χ1n) is 6.60. The van der Waals surface area contributed by atoms with Crippen LogP contribution in [0.3, 0.4) is 0 Å². The summed E-state index contributed by atoms with van der Waals surface area (Å²) in [5.74, 6) is 1.92. The lowest BCUT2D eigenvalue weighted by molar-refractivity contribution is 0.316. The van der Waals surface area contributed by atoms with E-state index < -0.39 is 0 Å². The Bertz CT molecular complexity index is 549.